The van der Waals surface area contributed by atoms with Gasteiger partial charge in [0.25, 0.3) is 11.1 Å². The van der Waals surface area contributed by atoms with Crippen LogP contribution in [0.4, 0.5) is 0 Å². The Bertz CT molecular complexity index is 1220. The van der Waals surface area contributed by atoms with Gasteiger partial charge in [0.15, 0.2) is 0 Å². The third-order valence-corrected chi connectivity index (χ3v) is 6.79. The number of aromatic nitrogens is 3. The van der Waals surface area contributed by atoms with Gasteiger partial charge in [-0.3, -0.25) is 18.7 Å². The Hall–Kier alpha value is -2.59. The van der Waals surface area contributed by atoms with Crippen LogP contribution in [-0.2, 0) is 6.54 Å². The molecule has 0 aromatic carbocycles. The number of rotatable bonds is 8. The SMILES string of the molecule is C/C=C(\C=C(\Cl)C(=N)CO)CNC1CCN(CC2Cn3c(=O)ccc4ncc(=O)n2c43)CC1. The minimum Gasteiger partial charge on any atom is -0.390 e. The highest BCUT2D eigenvalue weighted by molar-refractivity contribution is 6.43. The summed E-state index contributed by atoms with van der Waals surface area (Å²) in [5.74, 6) is 0. The van der Waals surface area contributed by atoms with E-state index in [1.807, 2.05) is 13.0 Å². The molecular weight excluding hydrogens is 444 g/mol. The highest BCUT2D eigenvalue weighted by atomic mass is 35.5. The van der Waals surface area contributed by atoms with E-state index in [0.29, 0.717) is 36.8 Å². The number of aliphatic hydroxyl groups excluding tert-OH is 1. The summed E-state index contributed by atoms with van der Waals surface area (Å²) in [5.41, 5.74) is 2.00. The molecule has 2 aliphatic rings. The first-order chi connectivity index (χ1) is 15.9. The maximum absolute atomic E-state index is 12.5. The largest absolute Gasteiger partial charge is 0.390 e. The number of halogens is 1. The molecule has 0 saturated carbocycles. The Kier molecular flexibility index (Phi) is 7.23. The molecule has 2 aromatic rings. The van der Waals surface area contributed by atoms with Crippen molar-refractivity contribution in [2.45, 2.75) is 38.4 Å². The van der Waals surface area contributed by atoms with Gasteiger partial charge in [0.1, 0.15) is 11.2 Å². The highest BCUT2D eigenvalue weighted by Gasteiger charge is 2.29. The van der Waals surface area contributed by atoms with Gasteiger partial charge in [-0.15, -0.1) is 0 Å². The third kappa shape index (κ3) is 5.01. The average molecular weight is 473 g/mol. The van der Waals surface area contributed by atoms with E-state index in [0.717, 1.165) is 31.5 Å². The van der Waals surface area contributed by atoms with Crippen molar-refractivity contribution in [3.63, 3.8) is 0 Å². The monoisotopic (exact) mass is 472 g/mol. The molecular formula is C23H29ClN6O3. The predicted molar refractivity (Wildman–Crippen MR) is 129 cm³/mol. The van der Waals surface area contributed by atoms with Gasteiger partial charge in [-0.05, 0) is 50.6 Å². The molecule has 0 amide bonds. The Morgan fingerprint density at radius 2 is 2.06 bits per heavy atom. The topological polar surface area (TPSA) is 116 Å². The summed E-state index contributed by atoms with van der Waals surface area (Å²) < 4.78 is 3.39. The zero-order valence-electron chi connectivity index (χ0n) is 18.6. The Balaban J connectivity index is 1.33. The Morgan fingerprint density at radius 3 is 2.76 bits per heavy atom. The van der Waals surface area contributed by atoms with E-state index in [-0.39, 0.29) is 34.5 Å². The second kappa shape index (κ2) is 10.1. The van der Waals surface area contributed by atoms with Gasteiger partial charge in [-0.25, -0.2) is 4.98 Å². The van der Waals surface area contributed by atoms with E-state index in [1.54, 1.807) is 21.3 Å². The van der Waals surface area contributed by atoms with Crippen LogP contribution < -0.4 is 16.4 Å². The normalized spacial score (nSPS) is 20.0. The summed E-state index contributed by atoms with van der Waals surface area (Å²) in [4.78, 5) is 31.4. The van der Waals surface area contributed by atoms with Gasteiger partial charge >= 0.3 is 0 Å². The molecule has 176 valence electrons. The summed E-state index contributed by atoms with van der Waals surface area (Å²) in [6.45, 7) is 5.20. The molecule has 2 aromatic heterocycles. The van der Waals surface area contributed by atoms with Gasteiger partial charge in [-0.1, -0.05) is 17.7 Å². The number of pyridine rings is 1. The van der Waals surface area contributed by atoms with Gasteiger partial charge < -0.3 is 20.7 Å². The van der Waals surface area contributed by atoms with Crippen molar-refractivity contribution in [3.8, 4) is 0 Å². The van der Waals surface area contributed by atoms with Crippen molar-refractivity contribution >= 4 is 28.5 Å². The first-order valence-electron chi connectivity index (χ1n) is 11.2. The van der Waals surface area contributed by atoms with Crippen molar-refractivity contribution in [3.05, 3.63) is 61.8 Å². The maximum atomic E-state index is 12.5. The lowest BCUT2D eigenvalue weighted by molar-refractivity contribution is 0.173. The van der Waals surface area contributed by atoms with Crippen LogP contribution in [0.1, 0.15) is 25.8 Å². The summed E-state index contributed by atoms with van der Waals surface area (Å²) in [5, 5.41) is 20.5. The van der Waals surface area contributed by atoms with Crippen LogP contribution in [0, 0.1) is 5.41 Å². The van der Waals surface area contributed by atoms with Crippen molar-refractivity contribution in [2.24, 2.45) is 0 Å². The number of allylic oxidation sites excluding steroid dienone is 1. The van der Waals surface area contributed by atoms with Crippen molar-refractivity contribution in [1.82, 2.24) is 24.3 Å². The lowest BCUT2D eigenvalue weighted by Gasteiger charge is -2.34. The third-order valence-electron chi connectivity index (χ3n) is 6.45. The lowest BCUT2D eigenvalue weighted by atomic mass is 10.0. The lowest BCUT2D eigenvalue weighted by Crippen LogP contribution is -2.45. The van der Waals surface area contributed by atoms with E-state index in [1.165, 1.54) is 12.3 Å². The molecule has 33 heavy (non-hydrogen) atoms. The first-order valence-corrected chi connectivity index (χ1v) is 11.6. The quantitative estimate of drug-likeness (QED) is 0.393. The summed E-state index contributed by atoms with van der Waals surface area (Å²) >= 11 is 6.06. The molecule has 1 fully saturated rings. The molecule has 0 radical (unpaired) electrons. The summed E-state index contributed by atoms with van der Waals surface area (Å²) in [6.07, 6.45) is 6.95. The molecule has 1 atom stereocenters. The van der Waals surface area contributed by atoms with E-state index < -0.39 is 0 Å². The number of aliphatic hydroxyl groups is 1. The number of nitrogens with one attached hydrogen (secondary N) is 2. The number of nitrogens with zero attached hydrogens (tertiary/aromatic N) is 4. The van der Waals surface area contributed by atoms with Crippen LogP contribution in [-0.4, -0.2) is 68.7 Å². The second-order valence-corrected chi connectivity index (χ2v) is 8.97. The van der Waals surface area contributed by atoms with Gasteiger partial charge in [0, 0.05) is 31.7 Å². The molecule has 1 unspecified atom stereocenters. The van der Waals surface area contributed by atoms with E-state index in [2.05, 4.69) is 15.2 Å². The maximum Gasteiger partial charge on any atom is 0.270 e. The molecule has 3 N–H and O–H groups in total. The van der Waals surface area contributed by atoms with Crippen LogP contribution in [0.25, 0.3) is 11.2 Å². The average Bonchev–Trinajstić information content (AvgIpc) is 3.22. The fourth-order valence-electron chi connectivity index (χ4n) is 4.61. The highest BCUT2D eigenvalue weighted by Crippen LogP contribution is 2.24. The zero-order chi connectivity index (χ0) is 23.5. The van der Waals surface area contributed by atoms with E-state index in [9.17, 15) is 9.59 Å². The molecule has 9 nitrogen and oxygen atoms in total. The van der Waals surface area contributed by atoms with Crippen LogP contribution in [0.2, 0.25) is 0 Å². The van der Waals surface area contributed by atoms with E-state index >= 15 is 0 Å². The molecule has 0 spiro atoms. The van der Waals surface area contributed by atoms with Crippen LogP contribution in [0.5, 0.6) is 0 Å². The van der Waals surface area contributed by atoms with E-state index in [4.69, 9.17) is 22.1 Å². The zero-order valence-corrected chi connectivity index (χ0v) is 19.4. The fourth-order valence-corrected chi connectivity index (χ4v) is 4.81. The van der Waals surface area contributed by atoms with Crippen LogP contribution >= 0.6 is 11.6 Å². The van der Waals surface area contributed by atoms with Gasteiger partial charge in [0.05, 0.1) is 29.6 Å². The van der Waals surface area contributed by atoms with Crippen molar-refractivity contribution in [2.75, 3.05) is 32.8 Å². The molecule has 1 saturated heterocycles. The first kappa shape index (κ1) is 23.6. The smallest absolute Gasteiger partial charge is 0.270 e. The Morgan fingerprint density at radius 1 is 1.30 bits per heavy atom. The minimum absolute atomic E-state index is 0.00577. The number of hydrogen-bond acceptors (Lipinski definition) is 7. The molecule has 4 rings (SSSR count). The van der Waals surface area contributed by atoms with Crippen LogP contribution in [0.3, 0.4) is 0 Å². The van der Waals surface area contributed by atoms with Crippen LogP contribution in [0.15, 0.2) is 50.7 Å². The summed E-state index contributed by atoms with van der Waals surface area (Å²) in [6, 6.07) is 3.47. The van der Waals surface area contributed by atoms with Gasteiger partial charge in [0.2, 0.25) is 0 Å². The van der Waals surface area contributed by atoms with Crippen molar-refractivity contribution < 1.29 is 5.11 Å². The Labute approximate surface area is 196 Å². The molecule has 10 heteroatoms. The van der Waals surface area contributed by atoms with Gasteiger partial charge in [-0.2, -0.15) is 0 Å². The predicted octanol–water partition coefficient (Wildman–Crippen LogP) is 1.25. The fraction of sp³-hybridized carbons (Fsp3) is 0.478. The molecule has 0 bridgehead atoms. The molecule has 4 heterocycles. The number of hydrogen-bond donors (Lipinski definition) is 3. The number of likely N-dealkylation sites (tertiary alicyclic amines) is 1. The summed E-state index contributed by atoms with van der Waals surface area (Å²) in [7, 11) is 0. The molecule has 2 aliphatic heterocycles. The van der Waals surface area contributed by atoms with Crippen molar-refractivity contribution in [1.29, 1.82) is 5.41 Å². The second-order valence-electron chi connectivity index (χ2n) is 8.56. The standard InChI is InChI=1S/C23H29ClN6O3/c1-2-15(9-18(24)19(25)14-31)10-26-16-5-7-28(8-6-16)12-17-13-29-21(32)4-3-20-23(29)30(17)22(33)11-27-20/h2-4,9,11,16-17,25-26,31H,5-8,10,12-14H2,1H3/b15-2+,18-9+,25-19?. The number of piperidine rings is 1. The molecule has 0 aliphatic carbocycles. The minimum atomic E-state index is -0.379.